The van der Waals surface area contributed by atoms with Crippen LogP contribution in [0, 0.1) is 0 Å². The third-order valence-electron chi connectivity index (χ3n) is 3.84. The first-order valence-electron chi connectivity index (χ1n) is 7.19. The Kier molecular flexibility index (Phi) is 4.12. The number of aryl methyl sites for hydroxylation is 1. The average Bonchev–Trinajstić information content (AvgIpc) is 2.93. The second-order valence-electron chi connectivity index (χ2n) is 5.38. The molecule has 112 valence electrons. The first-order valence-corrected chi connectivity index (χ1v) is 8.01. The number of benzene rings is 1. The van der Waals surface area contributed by atoms with Gasteiger partial charge in [0.15, 0.2) is 5.13 Å². The van der Waals surface area contributed by atoms with Crippen molar-refractivity contribution in [2.24, 2.45) is 0 Å². The number of thiazole rings is 1. The van der Waals surface area contributed by atoms with Crippen LogP contribution in [-0.4, -0.2) is 24.2 Å². The van der Waals surface area contributed by atoms with Crippen LogP contribution in [0.1, 0.15) is 35.1 Å². The molecule has 0 radical (unpaired) electrons. The number of fused-ring (bicyclic) bond motifs is 1. The van der Waals surface area contributed by atoms with E-state index in [0.717, 1.165) is 52.8 Å². The minimum absolute atomic E-state index is 0.334. The maximum absolute atomic E-state index is 10.1. The fourth-order valence-electron chi connectivity index (χ4n) is 2.70. The highest BCUT2D eigenvalue weighted by Gasteiger charge is 2.24. The Morgan fingerprint density at radius 2 is 2.24 bits per heavy atom. The summed E-state index contributed by atoms with van der Waals surface area (Å²) in [5.41, 5.74) is 2.21. The zero-order valence-electron chi connectivity index (χ0n) is 12.4. The summed E-state index contributed by atoms with van der Waals surface area (Å²) in [6.07, 6.45) is 2.52. The zero-order valence-corrected chi connectivity index (χ0v) is 13.2. The van der Waals surface area contributed by atoms with E-state index in [9.17, 15) is 5.11 Å². The Balaban J connectivity index is 1.81. The third-order valence-corrected chi connectivity index (χ3v) is 5.15. The lowest BCUT2D eigenvalue weighted by Gasteiger charge is -2.17. The normalized spacial score (nSPS) is 17.4. The monoisotopic (exact) mass is 304 g/mol. The molecule has 1 heterocycles. The predicted molar refractivity (Wildman–Crippen MR) is 85.1 cm³/mol. The van der Waals surface area contributed by atoms with E-state index in [-0.39, 0.29) is 6.10 Å². The maximum Gasteiger partial charge on any atom is 0.185 e. The minimum Gasteiger partial charge on any atom is -0.496 e. The Morgan fingerprint density at radius 3 is 3.00 bits per heavy atom. The average molecular weight is 304 g/mol. The number of hydrogen-bond donors (Lipinski definition) is 1. The van der Waals surface area contributed by atoms with E-state index in [2.05, 4.69) is 11.0 Å². The number of ether oxygens (including phenoxy) is 1. The van der Waals surface area contributed by atoms with E-state index < -0.39 is 0 Å². The van der Waals surface area contributed by atoms with Gasteiger partial charge < -0.3 is 14.7 Å². The van der Waals surface area contributed by atoms with Gasteiger partial charge in [0.2, 0.25) is 0 Å². The number of methoxy groups -OCH3 is 1. The smallest absolute Gasteiger partial charge is 0.185 e. The summed E-state index contributed by atoms with van der Waals surface area (Å²) in [6, 6.07) is 8.03. The van der Waals surface area contributed by atoms with Crippen molar-refractivity contribution in [2.45, 2.75) is 31.9 Å². The summed E-state index contributed by atoms with van der Waals surface area (Å²) in [4.78, 5) is 7.86. The van der Waals surface area contributed by atoms with E-state index in [4.69, 9.17) is 9.72 Å². The molecular weight excluding hydrogens is 284 g/mol. The highest BCUT2D eigenvalue weighted by molar-refractivity contribution is 7.15. The molecule has 4 nitrogen and oxygen atoms in total. The van der Waals surface area contributed by atoms with Gasteiger partial charge in [-0.05, 0) is 25.3 Å². The lowest BCUT2D eigenvalue weighted by Crippen LogP contribution is -2.16. The highest BCUT2D eigenvalue weighted by Crippen LogP contribution is 2.37. The quantitative estimate of drug-likeness (QED) is 0.942. The van der Waals surface area contributed by atoms with Crippen molar-refractivity contribution < 1.29 is 9.84 Å². The molecule has 0 amide bonds. The highest BCUT2D eigenvalue weighted by atomic mass is 32.1. The van der Waals surface area contributed by atoms with Crippen molar-refractivity contribution in [3.05, 3.63) is 40.4 Å². The van der Waals surface area contributed by atoms with Crippen molar-refractivity contribution in [2.75, 3.05) is 19.1 Å². The third kappa shape index (κ3) is 2.89. The van der Waals surface area contributed by atoms with Crippen molar-refractivity contribution >= 4 is 16.5 Å². The van der Waals surface area contributed by atoms with Crippen LogP contribution in [0.4, 0.5) is 5.13 Å². The molecule has 1 aliphatic rings. The van der Waals surface area contributed by atoms with Gasteiger partial charge in [0.1, 0.15) is 5.75 Å². The molecule has 0 bridgehead atoms. The molecule has 1 N–H and O–H groups in total. The lowest BCUT2D eigenvalue weighted by atomic mass is 10.0. The van der Waals surface area contributed by atoms with E-state index in [0.29, 0.717) is 0 Å². The first kappa shape index (κ1) is 14.4. The summed E-state index contributed by atoms with van der Waals surface area (Å²) in [5.74, 6) is 0.894. The number of aliphatic hydroxyl groups excluding tert-OH is 1. The van der Waals surface area contributed by atoms with Gasteiger partial charge in [-0.2, -0.15) is 0 Å². The fourth-order valence-corrected chi connectivity index (χ4v) is 3.80. The zero-order chi connectivity index (χ0) is 14.8. The summed E-state index contributed by atoms with van der Waals surface area (Å²) in [5, 5.41) is 11.0. The van der Waals surface area contributed by atoms with Crippen molar-refractivity contribution in [1.82, 2.24) is 4.98 Å². The molecule has 1 aromatic carbocycles. The summed E-state index contributed by atoms with van der Waals surface area (Å²) in [6.45, 7) is 0.743. The Morgan fingerprint density at radius 1 is 1.43 bits per heavy atom. The molecule has 0 saturated carbocycles. The number of rotatable bonds is 4. The van der Waals surface area contributed by atoms with E-state index in [1.807, 2.05) is 25.2 Å². The molecule has 0 aliphatic heterocycles. The van der Waals surface area contributed by atoms with Crippen molar-refractivity contribution in [3.8, 4) is 5.75 Å². The van der Waals surface area contributed by atoms with Gasteiger partial charge >= 0.3 is 0 Å². The van der Waals surface area contributed by atoms with Crippen LogP contribution in [0.15, 0.2) is 24.3 Å². The molecule has 2 aromatic rings. The molecule has 1 unspecified atom stereocenters. The van der Waals surface area contributed by atoms with Crippen LogP contribution in [0.3, 0.4) is 0 Å². The minimum atomic E-state index is -0.334. The second kappa shape index (κ2) is 6.03. The maximum atomic E-state index is 10.1. The molecule has 0 fully saturated rings. The largest absolute Gasteiger partial charge is 0.496 e. The Hall–Kier alpha value is -1.59. The number of para-hydroxylation sites is 1. The van der Waals surface area contributed by atoms with Crippen LogP contribution < -0.4 is 9.64 Å². The summed E-state index contributed by atoms with van der Waals surface area (Å²) >= 11 is 1.61. The fraction of sp³-hybridized carbons (Fsp3) is 0.438. The van der Waals surface area contributed by atoms with Crippen molar-refractivity contribution in [1.29, 1.82) is 0 Å². The number of anilines is 1. The number of nitrogens with zero attached hydrogens (tertiary/aromatic N) is 2. The number of aliphatic hydroxyl groups is 1. The lowest BCUT2D eigenvalue weighted by molar-refractivity contribution is 0.160. The summed E-state index contributed by atoms with van der Waals surface area (Å²) < 4.78 is 5.40. The number of aromatic nitrogens is 1. The SMILES string of the molecule is COc1ccccc1CN(C)c1nc2c(s1)C(O)CCC2. The summed E-state index contributed by atoms with van der Waals surface area (Å²) in [7, 11) is 3.72. The second-order valence-corrected chi connectivity index (χ2v) is 6.39. The van der Waals surface area contributed by atoms with Gasteiger partial charge in [0.05, 0.1) is 23.8 Å². The molecule has 0 saturated heterocycles. The first-order chi connectivity index (χ1) is 10.2. The standard InChI is InChI=1S/C16H20N2O2S/c1-18(10-11-6-3-4-9-14(11)20-2)16-17-12-7-5-8-13(19)15(12)21-16/h3-4,6,9,13,19H,5,7-8,10H2,1-2H3. The predicted octanol–water partition coefficient (Wildman–Crippen LogP) is 3.16. The van der Waals surface area contributed by atoms with Gasteiger partial charge in [0.25, 0.3) is 0 Å². The van der Waals surface area contributed by atoms with Gasteiger partial charge in [-0.3, -0.25) is 0 Å². The topological polar surface area (TPSA) is 45.6 Å². The van der Waals surface area contributed by atoms with Gasteiger partial charge in [0, 0.05) is 19.2 Å². The van der Waals surface area contributed by atoms with E-state index in [1.54, 1.807) is 18.4 Å². The van der Waals surface area contributed by atoms with E-state index >= 15 is 0 Å². The molecule has 1 atom stereocenters. The molecule has 1 aromatic heterocycles. The Labute approximate surface area is 129 Å². The molecule has 21 heavy (non-hydrogen) atoms. The van der Waals surface area contributed by atoms with Crippen LogP contribution in [0.25, 0.3) is 0 Å². The molecule has 5 heteroatoms. The van der Waals surface area contributed by atoms with Crippen LogP contribution in [0.2, 0.25) is 0 Å². The molecule has 0 spiro atoms. The Bertz CT molecular complexity index is 626. The van der Waals surface area contributed by atoms with Gasteiger partial charge in [-0.25, -0.2) is 4.98 Å². The van der Waals surface area contributed by atoms with Crippen LogP contribution in [0.5, 0.6) is 5.75 Å². The van der Waals surface area contributed by atoms with Gasteiger partial charge in [-0.15, -0.1) is 0 Å². The van der Waals surface area contributed by atoms with Gasteiger partial charge in [-0.1, -0.05) is 29.5 Å². The van der Waals surface area contributed by atoms with Crippen molar-refractivity contribution in [3.63, 3.8) is 0 Å². The van der Waals surface area contributed by atoms with E-state index in [1.165, 1.54) is 0 Å². The molecule has 1 aliphatic carbocycles. The number of hydrogen-bond acceptors (Lipinski definition) is 5. The molecule has 3 rings (SSSR count). The molecular formula is C16H20N2O2S. The van der Waals surface area contributed by atoms with Crippen LogP contribution >= 0.6 is 11.3 Å². The van der Waals surface area contributed by atoms with Crippen LogP contribution in [-0.2, 0) is 13.0 Å².